The van der Waals surface area contributed by atoms with Crippen LogP contribution in [0.4, 0.5) is 13.2 Å². The van der Waals surface area contributed by atoms with E-state index in [0.29, 0.717) is 0 Å². The highest BCUT2D eigenvalue weighted by atomic mass is 35.5. The summed E-state index contributed by atoms with van der Waals surface area (Å²) in [5.41, 5.74) is -0.538. The van der Waals surface area contributed by atoms with Gasteiger partial charge in [0.15, 0.2) is 5.69 Å². The number of imidazole rings is 1. The molecule has 0 saturated carbocycles. The number of hydrogen-bond donors (Lipinski definition) is 1. The molecule has 152 valence electrons. The highest BCUT2D eigenvalue weighted by molar-refractivity contribution is 7.90. The number of aromatic nitrogens is 2. The number of rotatable bonds is 6. The average Bonchev–Trinajstić information content (AvgIpc) is 2.93. The molecule has 28 heavy (non-hydrogen) atoms. The summed E-state index contributed by atoms with van der Waals surface area (Å²) in [7, 11) is -4.32. The lowest BCUT2D eigenvalue weighted by molar-refractivity contribution is -0.136. The molecule has 0 spiro atoms. The Morgan fingerprint density at radius 2 is 1.86 bits per heavy atom. The maximum atomic E-state index is 12.3. The minimum Gasteiger partial charge on any atom is -0.427 e. The lowest BCUT2D eigenvalue weighted by Crippen LogP contribution is -2.31. The zero-order valence-corrected chi connectivity index (χ0v) is 15.7. The summed E-state index contributed by atoms with van der Waals surface area (Å²) < 4.78 is 68.7. The van der Waals surface area contributed by atoms with Crippen molar-refractivity contribution in [2.75, 3.05) is 0 Å². The first-order valence-electron chi connectivity index (χ1n) is 7.52. The zero-order chi connectivity index (χ0) is 21.1. The lowest BCUT2D eigenvalue weighted by atomic mass is 10.3. The maximum absolute atomic E-state index is 12.3. The summed E-state index contributed by atoms with van der Waals surface area (Å²) in [6, 6.07) is 4.60. The van der Waals surface area contributed by atoms with Crippen LogP contribution in [0.15, 0.2) is 35.5 Å². The SMILES string of the molecule is CC(=O)Oc1ccc(S(=O)(=O)NC(=O)c2ncn(CCC(F)(F)F)c2Cl)cc1. The van der Waals surface area contributed by atoms with Crippen molar-refractivity contribution in [3.63, 3.8) is 0 Å². The maximum Gasteiger partial charge on any atom is 0.390 e. The number of carbonyl (C=O) groups excluding carboxylic acids is 2. The number of amides is 1. The molecular formula is C15H13ClF3N3O5S. The van der Waals surface area contributed by atoms with Crippen LogP contribution in [-0.4, -0.2) is 36.0 Å². The van der Waals surface area contributed by atoms with Crippen LogP contribution in [-0.2, 0) is 21.4 Å². The van der Waals surface area contributed by atoms with Crippen molar-refractivity contribution >= 4 is 33.5 Å². The molecule has 2 rings (SSSR count). The molecule has 1 aromatic heterocycles. The van der Waals surface area contributed by atoms with Crippen molar-refractivity contribution in [1.82, 2.24) is 14.3 Å². The van der Waals surface area contributed by atoms with E-state index in [2.05, 4.69) is 4.98 Å². The Balaban J connectivity index is 2.13. The molecule has 0 unspecified atom stereocenters. The average molecular weight is 440 g/mol. The van der Waals surface area contributed by atoms with Gasteiger partial charge in [-0.3, -0.25) is 9.59 Å². The van der Waals surface area contributed by atoms with Gasteiger partial charge in [-0.15, -0.1) is 0 Å². The van der Waals surface area contributed by atoms with E-state index in [1.807, 2.05) is 0 Å². The number of carbonyl (C=O) groups is 2. The zero-order valence-electron chi connectivity index (χ0n) is 14.2. The van der Waals surface area contributed by atoms with Crippen molar-refractivity contribution in [2.45, 2.75) is 31.0 Å². The predicted octanol–water partition coefficient (Wildman–Crippen LogP) is 2.53. The van der Waals surface area contributed by atoms with Crippen LogP contribution < -0.4 is 9.46 Å². The molecule has 0 aliphatic rings. The van der Waals surface area contributed by atoms with E-state index in [4.69, 9.17) is 16.3 Å². The Kier molecular flexibility index (Phi) is 6.34. The Hall–Kier alpha value is -2.60. The molecule has 13 heteroatoms. The van der Waals surface area contributed by atoms with E-state index in [-0.39, 0.29) is 10.6 Å². The summed E-state index contributed by atoms with van der Waals surface area (Å²) >= 11 is 5.82. The van der Waals surface area contributed by atoms with Crippen LogP contribution in [0.5, 0.6) is 5.75 Å². The van der Waals surface area contributed by atoms with Gasteiger partial charge in [-0.05, 0) is 24.3 Å². The van der Waals surface area contributed by atoms with Crippen molar-refractivity contribution in [3.05, 3.63) is 41.4 Å². The van der Waals surface area contributed by atoms with Crippen LogP contribution in [0.2, 0.25) is 5.15 Å². The van der Waals surface area contributed by atoms with Crippen molar-refractivity contribution in [3.8, 4) is 5.75 Å². The van der Waals surface area contributed by atoms with E-state index >= 15 is 0 Å². The Morgan fingerprint density at radius 1 is 1.25 bits per heavy atom. The van der Waals surface area contributed by atoms with Gasteiger partial charge in [-0.1, -0.05) is 11.6 Å². The number of esters is 1. The monoisotopic (exact) mass is 439 g/mol. The van der Waals surface area contributed by atoms with Crippen molar-refractivity contribution < 1.29 is 35.9 Å². The molecule has 0 saturated heterocycles. The van der Waals surface area contributed by atoms with E-state index in [0.717, 1.165) is 23.0 Å². The third-order valence-corrected chi connectivity index (χ3v) is 4.99. The Morgan fingerprint density at radius 3 is 2.39 bits per heavy atom. The fourth-order valence-corrected chi connectivity index (χ4v) is 3.22. The highest BCUT2D eigenvalue weighted by Gasteiger charge is 2.28. The minimum absolute atomic E-state index is 0.101. The van der Waals surface area contributed by atoms with Gasteiger partial charge < -0.3 is 9.30 Å². The molecule has 0 radical (unpaired) electrons. The Bertz CT molecular complexity index is 987. The van der Waals surface area contributed by atoms with Crippen LogP contribution in [0, 0.1) is 0 Å². The number of nitrogens with one attached hydrogen (secondary N) is 1. The number of sulfonamides is 1. The van der Waals surface area contributed by atoms with Crippen LogP contribution >= 0.6 is 11.6 Å². The number of aryl methyl sites for hydroxylation is 1. The first kappa shape index (κ1) is 21.7. The lowest BCUT2D eigenvalue weighted by Gasteiger charge is -2.08. The molecule has 8 nitrogen and oxygen atoms in total. The van der Waals surface area contributed by atoms with Gasteiger partial charge in [0.2, 0.25) is 0 Å². The Labute approximate surface area is 162 Å². The number of hydrogen-bond acceptors (Lipinski definition) is 6. The normalized spacial score (nSPS) is 11.9. The molecule has 0 bridgehead atoms. The van der Waals surface area contributed by atoms with E-state index < -0.39 is 51.9 Å². The summed E-state index contributed by atoms with van der Waals surface area (Å²) in [4.78, 5) is 26.2. The number of benzene rings is 1. The molecule has 1 amide bonds. The molecule has 0 atom stereocenters. The van der Waals surface area contributed by atoms with Crippen LogP contribution in [0.1, 0.15) is 23.8 Å². The van der Waals surface area contributed by atoms with Crippen LogP contribution in [0.25, 0.3) is 0 Å². The summed E-state index contributed by atoms with van der Waals surface area (Å²) in [5, 5.41) is -0.429. The predicted molar refractivity (Wildman–Crippen MR) is 90.3 cm³/mol. The first-order chi connectivity index (χ1) is 12.9. The smallest absolute Gasteiger partial charge is 0.390 e. The van der Waals surface area contributed by atoms with Gasteiger partial charge in [0.25, 0.3) is 15.9 Å². The molecule has 1 aromatic carbocycles. The van der Waals surface area contributed by atoms with E-state index in [9.17, 15) is 31.2 Å². The first-order valence-corrected chi connectivity index (χ1v) is 9.38. The number of nitrogens with zero attached hydrogens (tertiary/aromatic N) is 2. The van der Waals surface area contributed by atoms with E-state index in [1.54, 1.807) is 4.72 Å². The third-order valence-electron chi connectivity index (χ3n) is 3.25. The quantitative estimate of drug-likeness (QED) is 0.547. The molecule has 0 aliphatic heterocycles. The van der Waals surface area contributed by atoms with Gasteiger partial charge in [-0.2, -0.15) is 13.2 Å². The highest BCUT2D eigenvalue weighted by Crippen LogP contribution is 2.23. The molecule has 2 aromatic rings. The van der Waals surface area contributed by atoms with Gasteiger partial charge in [0.05, 0.1) is 17.6 Å². The third kappa shape index (κ3) is 5.70. The number of ether oxygens (including phenoxy) is 1. The summed E-state index contributed by atoms with van der Waals surface area (Å²) in [6.07, 6.45) is -4.72. The minimum atomic E-state index is -4.43. The molecule has 0 fully saturated rings. The van der Waals surface area contributed by atoms with E-state index in [1.165, 1.54) is 19.1 Å². The van der Waals surface area contributed by atoms with Crippen molar-refractivity contribution in [2.24, 2.45) is 0 Å². The van der Waals surface area contributed by atoms with Gasteiger partial charge in [-0.25, -0.2) is 18.1 Å². The fraction of sp³-hybridized carbons (Fsp3) is 0.267. The number of halogens is 4. The second-order valence-electron chi connectivity index (χ2n) is 5.44. The van der Waals surface area contributed by atoms with Crippen molar-refractivity contribution in [1.29, 1.82) is 0 Å². The molecule has 1 heterocycles. The second-order valence-corrected chi connectivity index (χ2v) is 7.48. The van der Waals surface area contributed by atoms with Crippen LogP contribution in [0.3, 0.4) is 0 Å². The molecule has 1 N–H and O–H groups in total. The molecular weight excluding hydrogens is 427 g/mol. The molecule has 0 aliphatic carbocycles. The van der Waals surface area contributed by atoms with Gasteiger partial charge >= 0.3 is 12.1 Å². The number of alkyl halides is 3. The topological polar surface area (TPSA) is 107 Å². The standard InChI is InChI=1S/C15H13ClF3N3O5S/c1-9(23)27-10-2-4-11(5-3-10)28(25,26)21-14(24)12-13(16)22(8-20-12)7-6-15(17,18)19/h2-5,8H,6-7H2,1H3,(H,21,24). The van der Waals surface area contributed by atoms with Gasteiger partial charge in [0.1, 0.15) is 10.9 Å². The second kappa shape index (κ2) is 8.19. The summed E-state index contributed by atoms with van der Waals surface area (Å²) in [6.45, 7) is 0.593. The largest absolute Gasteiger partial charge is 0.427 e. The van der Waals surface area contributed by atoms with Gasteiger partial charge in [0, 0.05) is 13.5 Å². The summed E-state index contributed by atoms with van der Waals surface area (Å²) in [5.74, 6) is -1.70. The fourth-order valence-electron chi connectivity index (χ4n) is 2.00.